The van der Waals surface area contributed by atoms with Gasteiger partial charge >= 0.3 is 0 Å². The molecule has 1 unspecified atom stereocenters. The molecule has 0 aromatic rings. The molecule has 11 heavy (non-hydrogen) atoms. The van der Waals surface area contributed by atoms with Crippen LogP contribution in [-0.2, 0) is 9.47 Å². The lowest BCUT2D eigenvalue weighted by molar-refractivity contribution is 0.0852. The van der Waals surface area contributed by atoms with Gasteiger partial charge in [-0.1, -0.05) is 0 Å². The second-order valence-corrected chi connectivity index (χ2v) is 3.07. The Morgan fingerprint density at radius 3 is 2.55 bits per heavy atom. The van der Waals surface area contributed by atoms with E-state index in [0.29, 0.717) is 0 Å². The van der Waals surface area contributed by atoms with Crippen molar-refractivity contribution in [1.82, 2.24) is 0 Å². The Morgan fingerprint density at radius 2 is 2.18 bits per heavy atom. The first-order valence-electron chi connectivity index (χ1n) is 4.08. The van der Waals surface area contributed by atoms with Crippen molar-refractivity contribution >= 4 is 0 Å². The van der Waals surface area contributed by atoms with E-state index in [1.165, 1.54) is 5.57 Å². The van der Waals surface area contributed by atoms with Crippen LogP contribution in [0.4, 0.5) is 0 Å². The summed E-state index contributed by atoms with van der Waals surface area (Å²) in [6.07, 6.45) is 2.49. The highest BCUT2D eigenvalue weighted by molar-refractivity contribution is 5.08. The number of ether oxygens (including phenoxy) is 2. The molecule has 1 rings (SSSR count). The summed E-state index contributed by atoms with van der Waals surface area (Å²) < 4.78 is 10.7. The number of hydrogen-bond donors (Lipinski definition) is 0. The maximum atomic E-state index is 5.48. The fourth-order valence-electron chi connectivity index (χ4n) is 1.44. The Bertz CT molecular complexity index is 151. The van der Waals surface area contributed by atoms with E-state index < -0.39 is 0 Å². The summed E-state index contributed by atoms with van der Waals surface area (Å²) in [5.41, 5.74) is 1.22. The highest BCUT2D eigenvalue weighted by Gasteiger charge is 2.21. The summed E-state index contributed by atoms with van der Waals surface area (Å²) in [6.45, 7) is 4.99. The highest BCUT2D eigenvalue weighted by Crippen LogP contribution is 2.22. The predicted molar refractivity (Wildman–Crippen MR) is 44.4 cm³/mol. The molecule has 1 atom stereocenters. The molecule has 1 saturated heterocycles. The van der Waals surface area contributed by atoms with Crippen LogP contribution in [0.3, 0.4) is 0 Å². The molecule has 0 aromatic carbocycles. The van der Waals surface area contributed by atoms with E-state index in [0.717, 1.165) is 25.2 Å². The molecule has 1 fully saturated rings. The molecule has 1 heterocycles. The van der Waals surface area contributed by atoms with Gasteiger partial charge in [-0.25, -0.2) is 0 Å². The average Bonchev–Trinajstić information content (AvgIpc) is 2.40. The fourth-order valence-corrected chi connectivity index (χ4v) is 1.44. The van der Waals surface area contributed by atoms with E-state index in [2.05, 4.69) is 13.8 Å². The SMILES string of the molecule is COC(=C(C)C)C1CCCO1. The lowest BCUT2D eigenvalue weighted by atomic mass is 10.1. The maximum absolute atomic E-state index is 5.48. The zero-order valence-corrected chi connectivity index (χ0v) is 7.52. The van der Waals surface area contributed by atoms with Gasteiger partial charge in [-0.2, -0.15) is 0 Å². The summed E-state index contributed by atoms with van der Waals surface area (Å²) in [5, 5.41) is 0. The molecule has 0 spiro atoms. The Labute approximate surface area is 68.2 Å². The average molecular weight is 156 g/mol. The first-order chi connectivity index (χ1) is 5.25. The van der Waals surface area contributed by atoms with Gasteiger partial charge in [0.15, 0.2) is 0 Å². The van der Waals surface area contributed by atoms with Crippen molar-refractivity contribution in [2.75, 3.05) is 13.7 Å². The monoisotopic (exact) mass is 156 g/mol. The summed E-state index contributed by atoms with van der Waals surface area (Å²) >= 11 is 0. The third-order valence-electron chi connectivity index (χ3n) is 1.93. The second kappa shape index (κ2) is 3.77. The summed E-state index contributed by atoms with van der Waals surface area (Å²) in [7, 11) is 1.71. The lowest BCUT2D eigenvalue weighted by Gasteiger charge is -2.14. The fraction of sp³-hybridized carbons (Fsp3) is 0.778. The molecule has 2 heteroatoms. The minimum absolute atomic E-state index is 0.227. The molecule has 0 aromatic heterocycles. The molecular formula is C9H16O2. The second-order valence-electron chi connectivity index (χ2n) is 3.07. The van der Waals surface area contributed by atoms with Crippen LogP contribution in [-0.4, -0.2) is 19.8 Å². The Balaban J connectivity index is 2.61. The van der Waals surface area contributed by atoms with Crippen molar-refractivity contribution in [1.29, 1.82) is 0 Å². The van der Waals surface area contributed by atoms with Crippen molar-refractivity contribution in [3.05, 3.63) is 11.3 Å². The topological polar surface area (TPSA) is 18.5 Å². The molecule has 1 aliphatic heterocycles. The van der Waals surface area contributed by atoms with Crippen LogP contribution in [0.2, 0.25) is 0 Å². The normalized spacial score (nSPS) is 23.4. The lowest BCUT2D eigenvalue weighted by Crippen LogP contribution is -2.11. The zero-order chi connectivity index (χ0) is 8.27. The van der Waals surface area contributed by atoms with Gasteiger partial charge in [-0.3, -0.25) is 0 Å². The van der Waals surface area contributed by atoms with Gasteiger partial charge in [0.25, 0.3) is 0 Å². The Hall–Kier alpha value is -0.500. The molecule has 0 amide bonds. The summed E-state index contributed by atoms with van der Waals surface area (Å²) in [5.74, 6) is 1.02. The predicted octanol–water partition coefficient (Wildman–Crippen LogP) is 2.11. The van der Waals surface area contributed by atoms with Crippen LogP contribution in [0.15, 0.2) is 11.3 Å². The largest absolute Gasteiger partial charge is 0.498 e. The van der Waals surface area contributed by atoms with Crippen LogP contribution in [0.5, 0.6) is 0 Å². The first-order valence-corrected chi connectivity index (χ1v) is 4.08. The van der Waals surface area contributed by atoms with Crippen molar-refractivity contribution in [2.45, 2.75) is 32.8 Å². The van der Waals surface area contributed by atoms with Crippen molar-refractivity contribution in [3.63, 3.8) is 0 Å². The molecule has 1 aliphatic rings. The van der Waals surface area contributed by atoms with E-state index in [4.69, 9.17) is 9.47 Å². The van der Waals surface area contributed by atoms with Crippen LogP contribution < -0.4 is 0 Å². The number of rotatable bonds is 2. The van der Waals surface area contributed by atoms with Gasteiger partial charge < -0.3 is 9.47 Å². The van der Waals surface area contributed by atoms with E-state index in [9.17, 15) is 0 Å². The third-order valence-corrected chi connectivity index (χ3v) is 1.93. The van der Waals surface area contributed by atoms with E-state index in [-0.39, 0.29) is 6.10 Å². The van der Waals surface area contributed by atoms with Gasteiger partial charge in [0.1, 0.15) is 11.9 Å². The molecule has 0 N–H and O–H groups in total. The van der Waals surface area contributed by atoms with Crippen LogP contribution in [0, 0.1) is 0 Å². The smallest absolute Gasteiger partial charge is 0.123 e. The van der Waals surface area contributed by atoms with Crippen molar-refractivity contribution in [2.24, 2.45) is 0 Å². The van der Waals surface area contributed by atoms with Crippen molar-refractivity contribution < 1.29 is 9.47 Å². The van der Waals surface area contributed by atoms with E-state index >= 15 is 0 Å². The highest BCUT2D eigenvalue weighted by atomic mass is 16.5. The number of allylic oxidation sites excluding steroid dienone is 1. The first kappa shape index (κ1) is 8.60. The summed E-state index contributed by atoms with van der Waals surface area (Å²) in [4.78, 5) is 0. The molecule has 0 saturated carbocycles. The summed E-state index contributed by atoms with van der Waals surface area (Å²) in [6, 6.07) is 0. The Morgan fingerprint density at radius 1 is 1.45 bits per heavy atom. The van der Waals surface area contributed by atoms with Gasteiger partial charge in [-0.05, 0) is 32.3 Å². The molecule has 0 aliphatic carbocycles. The standard InChI is InChI=1S/C9H16O2/c1-7(2)9(10-3)8-5-4-6-11-8/h8H,4-6H2,1-3H3. The van der Waals surface area contributed by atoms with Gasteiger partial charge in [-0.15, -0.1) is 0 Å². The minimum Gasteiger partial charge on any atom is -0.498 e. The van der Waals surface area contributed by atoms with E-state index in [1.807, 2.05) is 0 Å². The molecular weight excluding hydrogens is 140 g/mol. The minimum atomic E-state index is 0.227. The molecule has 0 bridgehead atoms. The van der Waals surface area contributed by atoms with E-state index in [1.54, 1.807) is 7.11 Å². The van der Waals surface area contributed by atoms with Gasteiger partial charge in [0.05, 0.1) is 7.11 Å². The van der Waals surface area contributed by atoms with Gasteiger partial charge in [0, 0.05) is 6.61 Å². The molecule has 2 nitrogen and oxygen atoms in total. The maximum Gasteiger partial charge on any atom is 0.123 e. The zero-order valence-electron chi connectivity index (χ0n) is 7.52. The molecule has 64 valence electrons. The van der Waals surface area contributed by atoms with Crippen molar-refractivity contribution in [3.8, 4) is 0 Å². The van der Waals surface area contributed by atoms with Crippen LogP contribution in [0.1, 0.15) is 26.7 Å². The third kappa shape index (κ3) is 1.96. The van der Waals surface area contributed by atoms with Gasteiger partial charge in [0.2, 0.25) is 0 Å². The molecule has 0 radical (unpaired) electrons. The number of hydrogen-bond acceptors (Lipinski definition) is 2. The van der Waals surface area contributed by atoms with Crippen LogP contribution >= 0.6 is 0 Å². The number of methoxy groups -OCH3 is 1. The Kier molecular flexibility index (Phi) is 2.94. The quantitative estimate of drug-likeness (QED) is 0.570. The van der Waals surface area contributed by atoms with Crippen LogP contribution in [0.25, 0.3) is 0 Å².